The Kier molecular flexibility index (Phi) is 4.04. The van der Waals surface area contributed by atoms with E-state index in [0.29, 0.717) is 11.3 Å². The second kappa shape index (κ2) is 4.90. The first-order valence-electron chi connectivity index (χ1n) is 4.36. The Morgan fingerprint density at radius 2 is 1.93 bits per heavy atom. The van der Waals surface area contributed by atoms with Gasteiger partial charge in [0.05, 0.1) is 11.3 Å². The molecule has 1 rings (SSSR count). The molecule has 0 heterocycles. The summed E-state index contributed by atoms with van der Waals surface area (Å²) in [5.74, 6) is 0.552. The SMILES string of the molecule is C[N+](C)SCc1cccc(C(F)(F)F)c1. The van der Waals surface area contributed by atoms with Crippen molar-refractivity contribution in [2.24, 2.45) is 0 Å². The highest BCUT2D eigenvalue weighted by molar-refractivity contribution is 7.97. The predicted octanol–water partition coefficient (Wildman–Crippen LogP) is 3.25. The highest BCUT2D eigenvalue weighted by atomic mass is 32.2. The maximum Gasteiger partial charge on any atom is 0.416 e. The lowest BCUT2D eigenvalue weighted by molar-refractivity contribution is -0.137. The number of alkyl halides is 3. The molecule has 0 unspecified atom stereocenters. The van der Waals surface area contributed by atoms with Gasteiger partial charge in [-0.2, -0.15) is 13.2 Å². The zero-order valence-corrected chi connectivity index (χ0v) is 9.32. The topological polar surface area (TPSA) is 5.90 Å². The first-order chi connectivity index (χ1) is 6.89. The second-order valence-corrected chi connectivity index (χ2v) is 4.56. The number of nitrogens with zero attached hydrogens (tertiary/aromatic N) is 1. The van der Waals surface area contributed by atoms with Crippen LogP contribution in [-0.2, 0) is 11.9 Å². The molecule has 1 aromatic carbocycles. The maximum atomic E-state index is 12.3. The zero-order valence-electron chi connectivity index (χ0n) is 8.51. The summed E-state index contributed by atoms with van der Waals surface area (Å²) in [6.45, 7) is 0. The molecule has 0 aromatic heterocycles. The minimum absolute atomic E-state index is 0.552. The first-order valence-corrected chi connectivity index (χ1v) is 5.30. The van der Waals surface area contributed by atoms with Crippen LogP contribution in [0.5, 0.6) is 0 Å². The summed E-state index contributed by atoms with van der Waals surface area (Å²) in [6, 6.07) is 5.42. The van der Waals surface area contributed by atoms with Crippen molar-refractivity contribution in [3.8, 4) is 0 Å². The molecule has 0 saturated carbocycles. The van der Waals surface area contributed by atoms with E-state index in [4.69, 9.17) is 0 Å². The van der Waals surface area contributed by atoms with Gasteiger partial charge in [0.1, 0.15) is 26.0 Å². The smallest absolute Gasteiger partial charge is 0.166 e. The normalized spacial score (nSPS) is 12.1. The van der Waals surface area contributed by atoms with Gasteiger partial charge >= 0.3 is 6.18 Å². The summed E-state index contributed by atoms with van der Waals surface area (Å²) in [4.78, 5) is 0. The summed E-state index contributed by atoms with van der Waals surface area (Å²) in [6.07, 6.45) is -4.25. The van der Waals surface area contributed by atoms with Crippen molar-refractivity contribution in [1.29, 1.82) is 0 Å². The van der Waals surface area contributed by atoms with Crippen LogP contribution < -0.4 is 4.31 Å². The minimum Gasteiger partial charge on any atom is -0.166 e. The van der Waals surface area contributed by atoms with Crippen molar-refractivity contribution in [2.75, 3.05) is 14.1 Å². The Balaban J connectivity index is 2.75. The Labute approximate surface area is 91.4 Å². The number of hydrogen-bond donors (Lipinski definition) is 0. The van der Waals surface area contributed by atoms with Crippen molar-refractivity contribution >= 4 is 11.9 Å². The number of halogens is 3. The molecule has 0 aliphatic carbocycles. The molecule has 0 saturated heterocycles. The summed E-state index contributed by atoms with van der Waals surface area (Å²) < 4.78 is 38.9. The van der Waals surface area contributed by atoms with E-state index < -0.39 is 11.7 Å². The summed E-state index contributed by atoms with van der Waals surface area (Å²) in [5, 5.41) is 0. The van der Waals surface area contributed by atoms with Gasteiger partial charge in [-0.1, -0.05) is 18.2 Å². The largest absolute Gasteiger partial charge is 0.416 e. The summed E-state index contributed by atoms with van der Waals surface area (Å²) in [5.41, 5.74) is 0.0999. The molecule has 0 N–H and O–H groups in total. The highest BCUT2D eigenvalue weighted by Crippen LogP contribution is 2.30. The number of rotatable bonds is 3. The third-order valence-corrected chi connectivity index (χ3v) is 2.72. The predicted molar refractivity (Wildman–Crippen MR) is 56.7 cm³/mol. The maximum absolute atomic E-state index is 12.3. The average Bonchev–Trinajstić information content (AvgIpc) is 2.14. The van der Waals surface area contributed by atoms with Crippen molar-refractivity contribution < 1.29 is 13.2 Å². The molecule has 83 valence electrons. The van der Waals surface area contributed by atoms with Crippen LogP contribution in [0.25, 0.3) is 0 Å². The lowest BCUT2D eigenvalue weighted by atomic mass is 10.1. The lowest BCUT2D eigenvalue weighted by Gasteiger charge is -2.07. The van der Waals surface area contributed by atoms with Crippen LogP contribution in [0.4, 0.5) is 13.2 Å². The summed E-state index contributed by atoms with van der Waals surface area (Å²) >= 11 is 1.47. The fourth-order valence-electron chi connectivity index (χ4n) is 1.04. The summed E-state index contributed by atoms with van der Waals surface area (Å²) in [7, 11) is 3.72. The first kappa shape index (κ1) is 12.4. The van der Waals surface area contributed by atoms with Crippen LogP contribution in [0, 0.1) is 0 Å². The van der Waals surface area contributed by atoms with E-state index in [-0.39, 0.29) is 0 Å². The van der Waals surface area contributed by atoms with Crippen LogP contribution in [0.3, 0.4) is 0 Å². The van der Waals surface area contributed by atoms with Crippen molar-refractivity contribution in [1.82, 2.24) is 4.31 Å². The van der Waals surface area contributed by atoms with Gasteiger partial charge in [-0.25, -0.2) is 0 Å². The molecule has 5 heteroatoms. The van der Waals surface area contributed by atoms with Crippen LogP contribution in [0.2, 0.25) is 0 Å². The third-order valence-electron chi connectivity index (χ3n) is 1.74. The van der Waals surface area contributed by atoms with E-state index >= 15 is 0 Å². The molecule has 0 atom stereocenters. The monoisotopic (exact) mass is 235 g/mol. The number of hydrogen-bond acceptors (Lipinski definition) is 2. The van der Waals surface area contributed by atoms with Gasteiger partial charge < -0.3 is 0 Å². The highest BCUT2D eigenvalue weighted by Gasteiger charge is 2.30. The van der Waals surface area contributed by atoms with E-state index in [1.807, 2.05) is 18.4 Å². The molecule has 0 fully saturated rings. The molecule has 1 nitrogen and oxygen atoms in total. The van der Waals surface area contributed by atoms with Gasteiger partial charge in [0, 0.05) is 0 Å². The van der Waals surface area contributed by atoms with Crippen molar-refractivity contribution in [2.45, 2.75) is 11.9 Å². The zero-order chi connectivity index (χ0) is 11.5. The molecule has 0 aliphatic heterocycles. The van der Waals surface area contributed by atoms with Crippen LogP contribution in [0.15, 0.2) is 24.3 Å². The third kappa shape index (κ3) is 4.13. The van der Waals surface area contributed by atoms with E-state index in [1.165, 1.54) is 24.1 Å². The van der Waals surface area contributed by atoms with E-state index in [9.17, 15) is 13.2 Å². The van der Waals surface area contributed by atoms with E-state index in [1.54, 1.807) is 6.07 Å². The molecule has 0 aliphatic rings. The minimum atomic E-state index is -4.25. The number of benzene rings is 1. The Hall–Kier alpha value is -0.680. The molecular formula is C10H12F3NS+. The lowest BCUT2D eigenvalue weighted by Crippen LogP contribution is -2.08. The van der Waals surface area contributed by atoms with Gasteiger partial charge in [0.2, 0.25) is 0 Å². The van der Waals surface area contributed by atoms with Crippen LogP contribution in [-0.4, -0.2) is 14.1 Å². The molecule has 0 amide bonds. The Morgan fingerprint density at radius 1 is 1.27 bits per heavy atom. The Bertz CT molecular complexity index is 323. The molecule has 15 heavy (non-hydrogen) atoms. The average molecular weight is 235 g/mol. The fraction of sp³-hybridized carbons (Fsp3) is 0.400. The van der Waals surface area contributed by atoms with Gasteiger partial charge in [-0.05, 0) is 11.6 Å². The van der Waals surface area contributed by atoms with E-state index in [2.05, 4.69) is 0 Å². The second-order valence-electron chi connectivity index (χ2n) is 3.28. The van der Waals surface area contributed by atoms with Gasteiger partial charge in [0.15, 0.2) is 0 Å². The van der Waals surface area contributed by atoms with Crippen molar-refractivity contribution in [3.05, 3.63) is 35.4 Å². The van der Waals surface area contributed by atoms with Gasteiger partial charge in [-0.3, -0.25) is 0 Å². The molecule has 1 radical (unpaired) electrons. The molecule has 0 bridgehead atoms. The van der Waals surface area contributed by atoms with Crippen LogP contribution >= 0.6 is 11.9 Å². The van der Waals surface area contributed by atoms with Gasteiger partial charge in [0.25, 0.3) is 0 Å². The van der Waals surface area contributed by atoms with Crippen LogP contribution in [0.1, 0.15) is 11.1 Å². The Morgan fingerprint density at radius 3 is 2.47 bits per heavy atom. The van der Waals surface area contributed by atoms with Gasteiger partial charge in [-0.15, -0.1) is 4.31 Å². The molecule has 0 spiro atoms. The fourth-order valence-corrected chi connectivity index (χ4v) is 1.63. The molecule has 1 aromatic rings. The van der Waals surface area contributed by atoms with E-state index in [0.717, 1.165) is 6.07 Å². The quantitative estimate of drug-likeness (QED) is 0.575. The van der Waals surface area contributed by atoms with Crippen molar-refractivity contribution in [3.63, 3.8) is 0 Å². The molecular weight excluding hydrogens is 223 g/mol. The standard InChI is InChI=1S/C10H12F3NS/c1-14(2)15-7-8-4-3-5-9(6-8)10(11,12)13/h3-6H,7H2,1-2H3/q+1.